The third-order valence-corrected chi connectivity index (χ3v) is 3.46. The summed E-state index contributed by atoms with van der Waals surface area (Å²) in [5, 5.41) is 2.78. The molecule has 0 fully saturated rings. The van der Waals surface area contributed by atoms with Gasteiger partial charge in [0.15, 0.2) is 0 Å². The number of nitrogens with two attached hydrogens (primary N) is 2. The number of primary amides is 2. The summed E-state index contributed by atoms with van der Waals surface area (Å²) in [5.74, 6) is -1.48. The summed E-state index contributed by atoms with van der Waals surface area (Å²) in [4.78, 5) is 23.7. The maximum Gasteiger partial charge on any atom is 0.247 e. The van der Waals surface area contributed by atoms with Gasteiger partial charge in [-0.05, 0) is 31.5 Å². The molecule has 0 bridgehead atoms. The monoisotopic (exact) mass is 275 g/mol. The van der Waals surface area contributed by atoms with E-state index in [1.165, 1.54) is 6.20 Å². The van der Waals surface area contributed by atoms with Gasteiger partial charge in [-0.3, -0.25) is 9.59 Å². The Morgan fingerprint density at radius 3 is 2.60 bits per heavy atom. The predicted molar refractivity (Wildman–Crippen MR) is 78.9 cm³/mol. The van der Waals surface area contributed by atoms with Gasteiger partial charge in [0.1, 0.15) is 5.41 Å². The van der Waals surface area contributed by atoms with Gasteiger partial charge in [-0.1, -0.05) is 31.2 Å². The van der Waals surface area contributed by atoms with E-state index in [-0.39, 0.29) is 11.5 Å². The molecule has 0 saturated carbocycles. The van der Waals surface area contributed by atoms with E-state index >= 15 is 0 Å². The van der Waals surface area contributed by atoms with Gasteiger partial charge in [-0.15, -0.1) is 0 Å². The van der Waals surface area contributed by atoms with Crippen LogP contribution in [-0.2, 0) is 9.59 Å². The molecule has 2 amide bonds. The van der Waals surface area contributed by atoms with E-state index in [0.29, 0.717) is 6.42 Å². The van der Waals surface area contributed by atoms with Crippen LogP contribution in [0.1, 0.15) is 20.3 Å². The fourth-order valence-electron chi connectivity index (χ4n) is 2.44. The number of hydrogen-bond donors (Lipinski definition) is 3. The summed E-state index contributed by atoms with van der Waals surface area (Å²) in [7, 11) is 0. The number of nitrogens with one attached hydrogen (secondary N) is 1. The first kappa shape index (κ1) is 15.8. The first-order chi connectivity index (χ1) is 9.50. The fourth-order valence-corrected chi connectivity index (χ4v) is 2.44. The van der Waals surface area contributed by atoms with Crippen molar-refractivity contribution in [1.29, 1.82) is 0 Å². The first-order valence-corrected chi connectivity index (χ1v) is 6.54. The fraction of sp³-hybridized carbons (Fsp3) is 0.333. The molecular weight excluding hydrogens is 254 g/mol. The van der Waals surface area contributed by atoms with Gasteiger partial charge in [0.25, 0.3) is 0 Å². The maximum absolute atomic E-state index is 12.1. The smallest absolute Gasteiger partial charge is 0.247 e. The molecule has 5 N–H and O–H groups in total. The van der Waals surface area contributed by atoms with Crippen molar-refractivity contribution in [3.8, 4) is 0 Å². The van der Waals surface area contributed by atoms with Crippen LogP contribution in [0.4, 0.5) is 0 Å². The van der Waals surface area contributed by atoms with Crippen LogP contribution < -0.4 is 16.8 Å². The Kier molecular flexibility index (Phi) is 5.32. The average molecular weight is 275 g/mol. The van der Waals surface area contributed by atoms with Gasteiger partial charge < -0.3 is 16.8 Å². The molecule has 1 aliphatic rings. The molecule has 0 radical (unpaired) electrons. The van der Waals surface area contributed by atoms with Gasteiger partial charge in [0, 0.05) is 6.20 Å². The molecule has 2 unspecified atom stereocenters. The largest absolute Gasteiger partial charge is 0.369 e. The van der Waals surface area contributed by atoms with Crippen LogP contribution in [0, 0.1) is 11.3 Å². The van der Waals surface area contributed by atoms with E-state index in [4.69, 9.17) is 11.5 Å². The molecule has 0 spiro atoms. The van der Waals surface area contributed by atoms with Gasteiger partial charge in [-0.25, -0.2) is 0 Å². The predicted octanol–water partition coefficient (Wildman–Crippen LogP) is 1.10. The number of carbonyl (C=O) groups excluding carboxylic acids is 2. The summed E-state index contributed by atoms with van der Waals surface area (Å²) in [6.45, 7) is 3.83. The van der Waals surface area contributed by atoms with Crippen molar-refractivity contribution in [3.63, 3.8) is 0 Å². The molecule has 1 heterocycles. The van der Waals surface area contributed by atoms with Crippen LogP contribution in [0.25, 0.3) is 0 Å². The van der Waals surface area contributed by atoms with Crippen molar-refractivity contribution in [1.82, 2.24) is 5.32 Å². The molecule has 0 saturated heterocycles. The summed E-state index contributed by atoms with van der Waals surface area (Å²) >= 11 is 0. The second-order valence-electron chi connectivity index (χ2n) is 4.58. The molecule has 1 aliphatic heterocycles. The number of amides is 2. The average Bonchev–Trinajstić information content (AvgIpc) is 2.43. The molecule has 108 valence electrons. The molecule has 0 aromatic rings. The van der Waals surface area contributed by atoms with Crippen LogP contribution in [-0.4, -0.2) is 11.8 Å². The Balaban J connectivity index is 3.35. The summed E-state index contributed by atoms with van der Waals surface area (Å²) < 4.78 is 0. The molecule has 5 nitrogen and oxygen atoms in total. The molecule has 0 aromatic heterocycles. The molecule has 0 aromatic carbocycles. The number of carbonyl (C=O) groups is 2. The lowest BCUT2D eigenvalue weighted by Gasteiger charge is -2.36. The Morgan fingerprint density at radius 1 is 1.40 bits per heavy atom. The zero-order chi connectivity index (χ0) is 15.2. The minimum Gasteiger partial charge on any atom is -0.369 e. The lowest BCUT2D eigenvalue weighted by atomic mass is 9.67. The Labute approximate surface area is 119 Å². The zero-order valence-corrected chi connectivity index (χ0v) is 11.8. The molecule has 0 aliphatic carbocycles. The lowest BCUT2D eigenvalue weighted by molar-refractivity contribution is -0.128. The highest BCUT2D eigenvalue weighted by Gasteiger charge is 2.46. The van der Waals surface area contributed by atoms with E-state index in [0.717, 1.165) is 0 Å². The highest BCUT2D eigenvalue weighted by atomic mass is 16.2. The number of dihydropyridines is 1. The highest BCUT2D eigenvalue weighted by molar-refractivity contribution is 6.03. The van der Waals surface area contributed by atoms with Crippen LogP contribution in [0.15, 0.2) is 48.4 Å². The second kappa shape index (κ2) is 6.75. The normalized spacial score (nSPS) is 23.6. The van der Waals surface area contributed by atoms with Crippen molar-refractivity contribution in [2.24, 2.45) is 22.8 Å². The number of hydrogen-bond acceptors (Lipinski definition) is 3. The molecule has 5 heteroatoms. The van der Waals surface area contributed by atoms with Crippen molar-refractivity contribution in [2.45, 2.75) is 20.3 Å². The van der Waals surface area contributed by atoms with Crippen LogP contribution in [0.5, 0.6) is 0 Å². The zero-order valence-electron chi connectivity index (χ0n) is 11.8. The van der Waals surface area contributed by atoms with Gasteiger partial charge >= 0.3 is 0 Å². The van der Waals surface area contributed by atoms with Gasteiger partial charge in [0.2, 0.25) is 11.8 Å². The Hall–Kier alpha value is -2.30. The third kappa shape index (κ3) is 2.82. The summed E-state index contributed by atoms with van der Waals surface area (Å²) in [5.41, 5.74) is 9.97. The summed E-state index contributed by atoms with van der Waals surface area (Å²) in [6, 6.07) is 0. The van der Waals surface area contributed by atoms with E-state index in [1.54, 1.807) is 12.3 Å². The minimum absolute atomic E-state index is 0.185. The Morgan fingerprint density at radius 2 is 2.10 bits per heavy atom. The number of allylic oxidation sites excluding steroid dienone is 4. The van der Waals surface area contributed by atoms with Crippen molar-refractivity contribution >= 4 is 11.8 Å². The number of rotatable bonds is 6. The van der Waals surface area contributed by atoms with Crippen molar-refractivity contribution < 1.29 is 9.59 Å². The van der Waals surface area contributed by atoms with Crippen molar-refractivity contribution in [3.05, 3.63) is 48.4 Å². The third-order valence-electron chi connectivity index (χ3n) is 3.46. The van der Waals surface area contributed by atoms with Crippen molar-refractivity contribution in [2.75, 3.05) is 0 Å². The minimum atomic E-state index is -1.20. The van der Waals surface area contributed by atoms with Crippen LogP contribution in [0.3, 0.4) is 0 Å². The van der Waals surface area contributed by atoms with E-state index in [2.05, 4.69) is 5.32 Å². The Bertz CT molecular complexity index is 503. The highest BCUT2D eigenvalue weighted by Crippen LogP contribution is 2.41. The van der Waals surface area contributed by atoms with Gasteiger partial charge in [-0.2, -0.15) is 0 Å². The topological polar surface area (TPSA) is 98.2 Å². The van der Waals surface area contributed by atoms with Gasteiger partial charge in [0.05, 0.1) is 5.57 Å². The van der Waals surface area contributed by atoms with Crippen LogP contribution in [0.2, 0.25) is 0 Å². The van der Waals surface area contributed by atoms with E-state index < -0.39 is 17.2 Å². The molecule has 1 rings (SSSR count). The lowest BCUT2D eigenvalue weighted by Crippen LogP contribution is -2.48. The maximum atomic E-state index is 12.1. The standard InChI is InChI=1S/C15H21N3O2/c1-3-5-6-7-11(4-2)15(14(17)20)8-9-18-10-12(15)13(16)19/h3,5-11,18H,4H2,1-2H3,(H2,16,19)(H2,17,20)/b5-3+,7-6+. The van der Waals surface area contributed by atoms with E-state index in [1.807, 2.05) is 38.2 Å². The SMILES string of the molecule is C/C=C/C=C/C(CC)C1(C(N)=O)C=CNC=C1C(N)=O. The molecular formula is C15H21N3O2. The summed E-state index contributed by atoms with van der Waals surface area (Å²) in [6.07, 6.45) is 12.8. The second-order valence-corrected chi connectivity index (χ2v) is 4.58. The van der Waals surface area contributed by atoms with Crippen LogP contribution >= 0.6 is 0 Å². The van der Waals surface area contributed by atoms with E-state index in [9.17, 15) is 9.59 Å². The quantitative estimate of drug-likeness (QED) is 0.633. The first-order valence-electron chi connectivity index (χ1n) is 6.54. The molecule has 20 heavy (non-hydrogen) atoms. The molecule has 2 atom stereocenters.